The van der Waals surface area contributed by atoms with Crippen molar-refractivity contribution in [2.45, 2.75) is 19.4 Å². The van der Waals surface area contributed by atoms with E-state index in [0.29, 0.717) is 0 Å². The second kappa shape index (κ2) is 6.12. The Morgan fingerprint density at radius 1 is 1.22 bits per heavy atom. The number of nitrogens with one attached hydrogen (secondary N) is 1. The Morgan fingerprint density at radius 3 is 2.72 bits per heavy atom. The first kappa shape index (κ1) is 13.2. The molecule has 0 radical (unpaired) electrons. The molecule has 1 aromatic carbocycles. The summed E-state index contributed by atoms with van der Waals surface area (Å²) in [7, 11) is 1.99. The van der Waals surface area contributed by atoms with Gasteiger partial charge in [-0.05, 0) is 37.2 Å². The summed E-state index contributed by atoms with van der Waals surface area (Å²) in [6.07, 6.45) is 2.73. The predicted molar refractivity (Wildman–Crippen MR) is 78.6 cm³/mol. The number of nitrogens with zero attached hydrogens (tertiary/aromatic N) is 1. The van der Waals surface area contributed by atoms with Crippen molar-refractivity contribution in [3.63, 3.8) is 0 Å². The van der Waals surface area contributed by atoms with Crippen LogP contribution in [-0.4, -0.2) is 12.0 Å². The molecule has 0 fully saturated rings. The van der Waals surface area contributed by atoms with E-state index in [9.17, 15) is 0 Å². The summed E-state index contributed by atoms with van der Waals surface area (Å²) in [6, 6.07) is 12.7. The van der Waals surface area contributed by atoms with E-state index in [0.717, 1.165) is 12.1 Å². The first-order valence-electron chi connectivity index (χ1n) is 6.04. The van der Waals surface area contributed by atoms with Gasteiger partial charge >= 0.3 is 0 Å². The molecular weight excluding hydrogens is 288 g/mol. The summed E-state index contributed by atoms with van der Waals surface area (Å²) in [5.41, 5.74) is 3.64. The lowest BCUT2D eigenvalue weighted by molar-refractivity contribution is 0.582. The van der Waals surface area contributed by atoms with Gasteiger partial charge in [-0.3, -0.25) is 4.98 Å². The number of hydrogen-bond donors (Lipinski definition) is 1. The van der Waals surface area contributed by atoms with Gasteiger partial charge in [-0.1, -0.05) is 40.2 Å². The number of benzene rings is 1. The van der Waals surface area contributed by atoms with Crippen LogP contribution >= 0.6 is 15.9 Å². The number of aryl methyl sites for hydroxylation is 1. The second-order valence-corrected chi connectivity index (χ2v) is 5.14. The Hall–Kier alpha value is -1.19. The summed E-state index contributed by atoms with van der Waals surface area (Å²) in [6.45, 7) is 2.11. The molecule has 18 heavy (non-hydrogen) atoms. The van der Waals surface area contributed by atoms with Crippen LogP contribution in [0.3, 0.4) is 0 Å². The standard InChI is InChI=1S/C15H17BrN2/c1-11-6-5-8-13(15(11)16)14(17-2)10-12-7-3-4-9-18-12/h3-9,14,17H,10H2,1-2H3. The molecule has 1 aromatic heterocycles. The van der Waals surface area contributed by atoms with Crippen LogP contribution in [0.1, 0.15) is 22.9 Å². The molecule has 0 bridgehead atoms. The van der Waals surface area contributed by atoms with Crippen LogP contribution in [0, 0.1) is 6.92 Å². The van der Waals surface area contributed by atoms with E-state index in [4.69, 9.17) is 0 Å². The molecule has 2 nitrogen and oxygen atoms in total. The van der Waals surface area contributed by atoms with Crippen LogP contribution < -0.4 is 5.32 Å². The summed E-state index contributed by atoms with van der Waals surface area (Å²) < 4.78 is 1.18. The normalized spacial score (nSPS) is 12.4. The minimum atomic E-state index is 0.272. The molecule has 3 heteroatoms. The molecule has 0 amide bonds. The zero-order valence-electron chi connectivity index (χ0n) is 10.7. The van der Waals surface area contributed by atoms with E-state index in [2.05, 4.69) is 57.4 Å². The highest BCUT2D eigenvalue weighted by Crippen LogP contribution is 2.28. The van der Waals surface area contributed by atoms with Gasteiger partial charge in [-0.25, -0.2) is 0 Å². The number of likely N-dealkylation sites (N-methyl/N-ethyl adjacent to an activating group) is 1. The average molecular weight is 305 g/mol. The minimum Gasteiger partial charge on any atom is -0.313 e. The molecule has 0 aliphatic carbocycles. The number of halogens is 1. The van der Waals surface area contributed by atoms with Gasteiger partial charge in [0.2, 0.25) is 0 Å². The van der Waals surface area contributed by atoms with Crippen LogP contribution in [0.15, 0.2) is 47.1 Å². The third kappa shape index (κ3) is 2.98. The third-order valence-corrected chi connectivity index (χ3v) is 4.17. The smallest absolute Gasteiger partial charge is 0.0422 e. The number of rotatable bonds is 4. The lowest BCUT2D eigenvalue weighted by atomic mass is 10.00. The van der Waals surface area contributed by atoms with Crippen molar-refractivity contribution >= 4 is 15.9 Å². The molecule has 0 saturated carbocycles. The molecule has 1 unspecified atom stereocenters. The zero-order valence-corrected chi connectivity index (χ0v) is 12.2. The SMILES string of the molecule is CNC(Cc1ccccn1)c1cccc(C)c1Br. The first-order chi connectivity index (χ1) is 8.72. The van der Waals surface area contributed by atoms with Crippen molar-refractivity contribution in [3.05, 3.63) is 63.9 Å². The van der Waals surface area contributed by atoms with Gasteiger partial charge in [-0.15, -0.1) is 0 Å². The van der Waals surface area contributed by atoms with E-state index in [-0.39, 0.29) is 6.04 Å². The van der Waals surface area contributed by atoms with Gasteiger partial charge in [0.25, 0.3) is 0 Å². The Kier molecular flexibility index (Phi) is 4.50. The molecule has 0 spiro atoms. The van der Waals surface area contributed by atoms with Crippen molar-refractivity contribution in [2.24, 2.45) is 0 Å². The average Bonchev–Trinajstić information content (AvgIpc) is 2.41. The van der Waals surface area contributed by atoms with Gasteiger partial charge in [0, 0.05) is 28.8 Å². The van der Waals surface area contributed by atoms with Crippen LogP contribution in [0.2, 0.25) is 0 Å². The van der Waals surface area contributed by atoms with Gasteiger partial charge in [-0.2, -0.15) is 0 Å². The molecule has 1 atom stereocenters. The number of aromatic nitrogens is 1. The molecule has 2 aromatic rings. The van der Waals surface area contributed by atoms with Gasteiger partial charge in [0.15, 0.2) is 0 Å². The topological polar surface area (TPSA) is 24.9 Å². The fourth-order valence-electron chi connectivity index (χ4n) is 2.03. The predicted octanol–water partition coefficient (Wildman–Crippen LogP) is 3.66. The van der Waals surface area contributed by atoms with Crippen molar-refractivity contribution < 1.29 is 0 Å². The highest BCUT2D eigenvalue weighted by Gasteiger charge is 2.14. The first-order valence-corrected chi connectivity index (χ1v) is 6.84. The Bertz CT molecular complexity index is 511. The largest absolute Gasteiger partial charge is 0.313 e. The maximum atomic E-state index is 4.39. The molecule has 2 rings (SSSR count). The second-order valence-electron chi connectivity index (χ2n) is 4.34. The highest BCUT2D eigenvalue weighted by molar-refractivity contribution is 9.10. The lowest BCUT2D eigenvalue weighted by Gasteiger charge is -2.18. The molecule has 0 saturated heterocycles. The van der Waals surface area contributed by atoms with Crippen LogP contribution in [0.4, 0.5) is 0 Å². The van der Waals surface area contributed by atoms with Crippen molar-refractivity contribution in [1.29, 1.82) is 0 Å². The van der Waals surface area contributed by atoms with Gasteiger partial charge in [0.1, 0.15) is 0 Å². The molecule has 1 heterocycles. The summed E-state index contributed by atoms with van der Waals surface area (Å²) >= 11 is 3.67. The summed E-state index contributed by atoms with van der Waals surface area (Å²) in [4.78, 5) is 4.39. The number of pyridine rings is 1. The van der Waals surface area contributed by atoms with E-state index < -0.39 is 0 Å². The van der Waals surface area contributed by atoms with Gasteiger partial charge in [0.05, 0.1) is 0 Å². The van der Waals surface area contributed by atoms with E-state index >= 15 is 0 Å². The summed E-state index contributed by atoms with van der Waals surface area (Å²) in [5, 5.41) is 3.36. The molecule has 94 valence electrons. The van der Waals surface area contributed by atoms with Crippen molar-refractivity contribution in [1.82, 2.24) is 10.3 Å². The Balaban J connectivity index is 2.26. The monoisotopic (exact) mass is 304 g/mol. The molecular formula is C15H17BrN2. The quantitative estimate of drug-likeness (QED) is 0.932. The zero-order chi connectivity index (χ0) is 13.0. The van der Waals surface area contributed by atoms with Crippen molar-refractivity contribution in [3.8, 4) is 0 Å². The fraction of sp³-hybridized carbons (Fsp3) is 0.267. The highest BCUT2D eigenvalue weighted by atomic mass is 79.9. The van der Waals surface area contributed by atoms with Crippen LogP contribution in [0.25, 0.3) is 0 Å². The Labute approximate surface area is 117 Å². The van der Waals surface area contributed by atoms with E-state index in [1.165, 1.54) is 15.6 Å². The van der Waals surface area contributed by atoms with Gasteiger partial charge < -0.3 is 5.32 Å². The molecule has 1 N–H and O–H groups in total. The molecule has 0 aliphatic rings. The van der Waals surface area contributed by atoms with E-state index in [1.54, 1.807) is 0 Å². The van der Waals surface area contributed by atoms with Crippen LogP contribution in [-0.2, 0) is 6.42 Å². The molecule has 0 aliphatic heterocycles. The maximum absolute atomic E-state index is 4.39. The minimum absolute atomic E-state index is 0.272. The van der Waals surface area contributed by atoms with E-state index in [1.807, 2.05) is 25.4 Å². The van der Waals surface area contributed by atoms with Crippen molar-refractivity contribution in [2.75, 3.05) is 7.05 Å². The number of hydrogen-bond acceptors (Lipinski definition) is 2. The Morgan fingerprint density at radius 2 is 2.06 bits per heavy atom. The van der Waals surface area contributed by atoms with Crippen LogP contribution in [0.5, 0.6) is 0 Å². The maximum Gasteiger partial charge on any atom is 0.0422 e. The summed E-state index contributed by atoms with van der Waals surface area (Å²) in [5.74, 6) is 0. The third-order valence-electron chi connectivity index (χ3n) is 3.08. The fourth-order valence-corrected chi connectivity index (χ4v) is 2.58. The lowest BCUT2D eigenvalue weighted by Crippen LogP contribution is -2.20.